The van der Waals surface area contributed by atoms with Gasteiger partial charge in [-0.2, -0.15) is 0 Å². The van der Waals surface area contributed by atoms with E-state index >= 15 is 0 Å². The van der Waals surface area contributed by atoms with Gasteiger partial charge in [0.2, 0.25) is 0 Å². The predicted molar refractivity (Wildman–Crippen MR) is 119 cm³/mol. The van der Waals surface area contributed by atoms with Gasteiger partial charge in [-0.15, -0.1) is 0 Å². The molecule has 27 heavy (non-hydrogen) atoms. The molecule has 1 aromatic carbocycles. The quantitative estimate of drug-likeness (QED) is 0.646. The minimum absolute atomic E-state index is 0.0388. The van der Waals surface area contributed by atoms with Crippen molar-refractivity contribution >= 4 is 17.3 Å². The second-order valence-electron chi connectivity index (χ2n) is 8.83. The van der Waals surface area contributed by atoms with Crippen LogP contribution in [0.3, 0.4) is 0 Å². The van der Waals surface area contributed by atoms with Gasteiger partial charge in [-0.1, -0.05) is 45.9 Å². The van der Waals surface area contributed by atoms with Gasteiger partial charge in [-0.05, 0) is 74.2 Å². The van der Waals surface area contributed by atoms with Gasteiger partial charge in [0, 0.05) is 17.7 Å². The molecule has 0 aromatic heterocycles. The highest BCUT2D eigenvalue weighted by molar-refractivity contribution is 7.80. The highest BCUT2D eigenvalue weighted by atomic mass is 32.1. The molecule has 2 rings (SSSR count). The summed E-state index contributed by atoms with van der Waals surface area (Å²) in [6, 6.07) is 10.0. The Kier molecular flexibility index (Phi) is 7.10. The molecular formula is C23H34N2OS. The molecule has 0 amide bonds. The number of ether oxygens (including phenoxy) is 1. The number of nitrogens with one attached hydrogen (secondary N) is 2. The zero-order chi connectivity index (χ0) is 20.2. The molecule has 2 N–H and O–H groups in total. The summed E-state index contributed by atoms with van der Waals surface area (Å²) in [6.45, 7) is 15.3. The molecule has 0 saturated carbocycles. The Bertz CT molecular complexity index is 712. The zero-order valence-electron chi connectivity index (χ0n) is 17.7. The second-order valence-corrected chi connectivity index (χ2v) is 9.24. The van der Waals surface area contributed by atoms with Crippen molar-refractivity contribution in [3.8, 4) is 5.75 Å². The summed E-state index contributed by atoms with van der Waals surface area (Å²) in [5, 5.41) is 7.53. The number of allylic oxidation sites excluding steroid dienone is 1. The van der Waals surface area contributed by atoms with Crippen molar-refractivity contribution in [2.45, 2.75) is 66.5 Å². The van der Waals surface area contributed by atoms with Gasteiger partial charge in [0.1, 0.15) is 11.9 Å². The summed E-state index contributed by atoms with van der Waals surface area (Å²) >= 11 is 5.58. The van der Waals surface area contributed by atoms with Crippen molar-refractivity contribution in [1.29, 1.82) is 0 Å². The molecule has 0 saturated heterocycles. The van der Waals surface area contributed by atoms with Crippen LogP contribution in [0.4, 0.5) is 0 Å². The largest absolute Gasteiger partial charge is 0.486 e. The smallest absolute Gasteiger partial charge is 0.171 e. The van der Waals surface area contributed by atoms with Crippen LogP contribution < -0.4 is 15.4 Å². The van der Waals surface area contributed by atoms with E-state index in [9.17, 15) is 0 Å². The van der Waals surface area contributed by atoms with E-state index in [0.29, 0.717) is 16.9 Å². The highest BCUT2D eigenvalue weighted by Gasteiger charge is 2.27. The summed E-state index contributed by atoms with van der Waals surface area (Å²) in [6.07, 6.45) is 3.16. The van der Waals surface area contributed by atoms with Gasteiger partial charge in [-0.25, -0.2) is 0 Å². The SMILES string of the molecule is CC(C)C1=CC(Oc2ccccc2)CC(C(C)C)=C1NC(=S)NC(C)(C)C. The Morgan fingerprint density at radius 2 is 1.70 bits per heavy atom. The molecule has 0 radical (unpaired) electrons. The standard InChI is InChI=1S/C23H34N2OS/c1-15(2)19-13-18(26-17-11-9-8-10-12-17)14-20(16(3)4)21(19)24-22(27)25-23(5,6)7/h8-13,15-16,18H,14H2,1-7H3,(H2,24,25,27). The third kappa shape index (κ3) is 6.39. The fourth-order valence-corrected chi connectivity index (χ4v) is 3.65. The number of benzene rings is 1. The molecular weight excluding hydrogens is 352 g/mol. The van der Waals surface area contributed by atoms with Gasteiger partial charge >= 0.3 is 0 Å². The van der Waals surface area contributed by atoms with Crippen LogP contribution in [0.2, 0.25) is 0 Å². The average molecular weight is 387 g/mol. The maximum Gasteiger partial charge on any atom is 0.171 e. The lowest BCUT2D eigenvalue weighted by atomic mass is 9.83. The van der Waals surface area contributed by atoms with Crippen molar-refractivity contribution in [1.82, 2.24) is 10.6 Å². The molecule has 1 unspecified atom stereocenters. The summed E-state index contributed by atoms with van der Waals surface area (Å²) in [5.41, 5.74) is 3.72. The first kappa shape index (κ1) is 21.5. The van der Waals surface area contributed by atoms with Gasteiger partial charge < -0.3 is 15.4 Å². The summed E-state index contributed by atoms with van der Waals surface area (Å²) in [4.78, 5) is 0. The van der Waals surface area contributed by atoms with Crippen molar-refractivity contribution in [2.24, 2.45) is 11.8 Å². The molecule has 1 aliphatic rings. The van der Waals surface area contributed by atoms with Crippen molar-refractivity contribution < 1.29 is 4.74 Å². The molecule has 1 atom stereocenters. The summed E-state index contributed by atoms with van der Waals surface area (Å²) in [7, 11) is 0. The van der Waals surface area contributed by atoms with Crippen LogP contribution in [-0.4, -0.2) is 16.8 Å². The van der Waals surface area contributed by atoms with E-state index in [1.807, 2.05) is 30.3 Å². The normalized spacial score (nSPS) is 17.8. The van der Waals surface area contributed by atoms with Crippen LogP contribution in [0.15, 0.2) is 53.3 Å². The molecule has 0 aliphatic heterocycles. The Morgan fingerprint density at radius 1 is 1.07 bits per heavy atom. The van der Waals surface area contributed by atoms with Gasteiger partial charge in [-0.3, -0.25) is 0 Å². The minimum atomic E-state index is -0.0715. The maximum absolute atomic E-state index is 6.26. The van der Waals surface area contributed by atoms with E-state index in [1.165, 1.54) is 11.1 Å². The molecule has 1 aliphatic carbocycles. The van der Waals surface area contributed by atoms with Crippen LogP contribution in [0.5, 0.6) is 5.75 Å². The van der Waals surface area contributed by atoms with Crippen molar-refractivity contribution in [3.63, 3.8) is 0 Å². The molecule has 0 fully saturated rings. The first-order chi connectivity index (χ1) is 12.6. The van der Waals surface area contributed by atoms with Crippen molar-refractivity contribution in [2.75, 3.05) is 0 Å². The Morgan fingerprint density at radius 3 is 2.22 bits per heavy atom. The molecule has 148 valence electrons. The van der Waals surface area contributed by atoms with Gasteiger partial charge in [0.25, 0.3) is 0 Å². The van der Waals surface area contributed by atoms with E-state index in [4.69, 9.17) is 17.0 Å². The molecule has 0 bridgehead atoms. The summed E-state index contributed by atoms with van der Waals surface area (Å²) in [5.74, 6) is 1.70. The predicted octanol–water partition coefficient (Wildman–Crippen LogP) is 5.59. The lowest BCUT2D eigenvalue weighted by Crippen LogP contribution is -2.47. The Hall–Kier alpha value is -1.81. The van der Waals surface area contributed by atoms with Crippen LogP contribution in [0.25, 0.3) is 0 Å². The first-order valence-corrected chi connectivity index (χ1v) is 10.2. The van der Waals surface area contributed by atoms with E-state index in [-0.39, 0.29) is 11.6 Å². The zero-order valence-corrected chi connectivity index (χ0v) is 18.5. The fourth-order valence-electron chi connectivity index (χ4n) is 3.24. The van der Waals surface area contributed by atoms with Crippen LogP contribution in [0.1, 0.15) is 54.9 Å². The maximum atomic E-state index is 6.26. The Balaban J connectivity index is 2.30. The second kappa shape index (κ2) is 8.92. The number of hydrogen-bond acceptors (Lipinski definition) is 2. The number of thiocarbonyl (C=S) groups is 1. The third-order valence-electron chi connectivity index (χ3n) is 4.47. The topological polar surface area (TPSA) is 33.3 Å². The van der Waals surface area contributed by atoms with E-state index in [1.54, 1.807) is 0 Å². The molecule has 3 nitrogen and oxygen atoms in total. The van der Waals surface area contributed by atoms with Crippen LogP contribution >= 0.6 is 12.2 Å². The fraction of sp³-hybridized carbons (Fsp3) is 0.522. The van der Waals surface area contributed by atoms with E-state index in [0.717, 1.165) is 17.9 Å². The lowest BCUT2D eigenvalue weighted by Gasteiger charge is -2.33. The molecule has 0 spiro atoms. The lowest BCUT2D eigenvalue weighted by molar-refractivity contribution is 0.240. The molecule has 0 heterocycles. The molecule has 1 aromatic rings. The highest BCUT2D eigenvalue weighted by Crippen LogP contribution is 2.34. The number of hydrogen-bond donors (Lipinski definition) is 2. The van der Waals surface area contributed by atoms with Crippen molar-refractivity contribution in [3.05, 3.63) is 53.3 Å². The van der Waals surface area contributed by atoms with Gasteiger partial charge in [0.15, 0.2) is 5.11 Å². The van der Waals surface area contributed by atoms with E-state index < -0.39 is 0 Å². The van der Waals surface area contributed by atoms with Crippen LogP contribution in [0, 0.1) is 11.8 Å². The summed E-state index contributed by atoms with van der Waals surface area (Å²) < 4.78 is 6.26. The molecule has 4 heteroatoms. The first-order valence-electron chi connectivity index (χ1n) is 9.83. The number of para-hydroxylation sites is 1. The monoisotopic (exact) mass is 386 g/mol. The Labute approximate surface area is 170 Å². The van der Waals surface area contributed by atoms with Gasteiger partial charge in [0.05, 0.1) is 0 Å². The third-order valence-corrected chi connectivity index (χ3v) is 4.68. The van der Waals surface area contributed by atoms with E-state index in [2.05, 4.69) is 65.2 Å². The number of rotatable bonds is 5. The average Bonchev–Trinajstić information content (AvgIpc) is 2.54. The minimum Gasteiger partial charge on any atom is -0.486 e. The van der Waals surface area contributed by atoms with Crippen LogP contribution in [-0.2, 0) is 0 Å².